The number of hydrogen-bond acceptors (Lipinski definition) is 1. The van der Waals surface area contributed by atoms with Gasteiger partial charge in [0.25, 0.3) is 0 Å². The minimum absolute atomic E-state index is 0.0399. The molecule has 3 nitrogen and oxygen atoms in total. The van der Waals surface area contributed by atoms with Crippen molar-refractivity contribution in [3.8, 4) is 11.4 Å². The van der Waals surface area contributed by atoms with Gasteiger partial charge in [-0.05, 0) is 42.5 Å². The normalized spacial score (nSPS) is 16.4. The molecule has 0 saturated carbocycles. The van der Waals surface area contributed by atoms with Gasteiger partial charge in [-0.2, -0.15) is 0 Å². The van der Waals surface area contributed by atoms with Crippen molar-refractivity contribution in [3.05, 3.63) is 133 Å². The molecule has 7 aromatic rings. The molecule has 1 aliphatic carbocycles. The van der Waals surface area contributed by atoms with Gasteiger partial charge in [0, 0.05) is 50.5 Å². The van der Waals surface area contributed by atoms with Crippen LogP contribution in [0.1, 0.15) is 12.0 Å². The fourth-order valence-corrected chi connectivity index (χ4v) is 6.82. The lowest BCUT2D eigenvalue weighted by Crippen LogP contribution is -2.17. The van der Waals surface area contributed by atoms with E-state index >= 15 is 0 Å². The first kappa shape index (κ1) is 21.0. The number of benzene rings is 5. The summed E-state index contributed by atoms with van der Waals surface area (Å²) in [5, 5.41) is 5.11. The van der Waals surface area contributed by atoms with Crippen LogP contribution in [0.15, 0.2) is 127 Å². The molecule has 0 spiro atoms. The zero-order valence-electron chi connectivity index (χ0n) is 21.2. The highest BCUT2D eigenvalue weighted by molar-refractivity contribution is 6.26. The lowest BCUT2D eigenvalue weighted by atomic mass is 9.95. The Hall–Kier alpha value is -5.02. The summed E-state index contributed by atoms with van der Waals surface area (Å²) in [6, 6.07) is 41.3. The van der Waals surface area contributed by atoms with Crippen molar-refractivity contribution >= 4 is 54.9 Å². The van der Waals surface area contributed by atoms with Gasteiger partial charge in [0.1, 0.15) is 11.9 Å². The third-order valence-electron chi connectivity index (χ3n) is 8.44. The van der Waals surface area contributed by atoms with Crippen LogP contribution in [-0.2, 0) is 0 Å². The number of nitrogens with zero attached hydrogens (tertiary/aromatic N) is 2. The van der Waals surface area contributed by atoms with E-state index in [1.807, 2.05) is 0 Å². The molecule has 1 atom stereocenters. The lowest BCUT2D eigenvalue weighted by Gasteiger charge is -2.21. The molecule has 39 heavy (non-hydrogen) atoms. The van der Waals surface area contributed by atoms with E-state index in [-0.39, 0.29) is 6.10 Å². The molecular formula is C36H24N2O. The van der Waals surface area contributed by atoms with Crippen LogP contribution in [0.25, 0.3) is 60.6 Å². The van der Waals surface area contributed by atoms with Gasteiger partial charge in [-0.25, -0.2) is 0 Å². The second-order valence-electron chi connectivity index (χ2n) is 10.5. The smallest absolute Gasteiger partial charge is 0.130 e. The summed E-state index contributed by atoms with van der Waals surface area (Å²) in [5.41, 5.74) is 9.86. The van der Waals surface area contributed by atoms with E-state index in [9.17, 15) is 0 Å². The van der Waals surface area contributed by atoms with Crippen LogP contribution in [0.4, 0.5) is 0 Å². The SMILES string of the molecule is C1=C2c3ccccc3OC2CC(n2c3ccccc3c3c2ccc2c4ccccc4n(-c4ccccc4)c23)=C1. The lowest BCUT2D eigenvalue weighted by molar-refractivity contribution is 0.280. The summed E-state index contributed by atoms with van der Waals surface area (Å²) in [5.74, 6) is 0.986. The van der Waals surface area contributed by atoms with Crippen LogP contribution in [0, 0.1) is 0 Å². The van der Waals surface area contributed by atoms with Crippen molar-refractivity contribution < 1.29 is 4.74 Å². The molecule has 5 aromatic carbocycles. The predicted molar refractivity (Wildman–Crippen MR) is 162 cm³/mol. The molecule has 0 amide bonds. The summed E-state index contributed by atoms with van der Waals surface area (Å²) in [6.07, 6.45) is 5.42. The highest BCUT2D eigenvalue weighted by Gasteiger charge is 2.32. The van der Waals surface area contributed by atoms with Crippen LogP contribution in [-0.4, -0.2) is 15.2 Å². The van der Waals surface area contributed by atoms with Gasteiger partial charge in [0.2, 0.25) is 0 Å². The number of allylic oxidation sites excluding steroid dienone is 2. The predicted octanol–water partition coefficient (Wildman–Crippen LogP) is 8.98. The first-order valence-electron chi connectivity index (χ1n) is 13.5. The molecule has 3 heterocycles. The molecule has 2 aliphatic rings. The Morgan fingerprint density at radius 3 is 2.15 bits per heavy atom. The average Bonchev–Trinajstić information content (AvgIpc) is 3.64. The molecule has 0 radical (unpaired) electrons. The summed E-state index contributed by atoms with van der Waals surface area (Å²) >= 11 is 0. The molecule has 9 rings (SSSR count). The Morgan fingerprint density at radius 1 is 0.564 bits per heavy atom. The number of para-hydroxylation sites is 4. The Labute approximate surface area is 225 Å². The van der Waals surface area contributed by atoms with Crippen molar-refractivity contribution in [3.63, 3.8) is 0 Å². The molecule has 2 aromatic heterocycles. The minimum atomic E-state index is 0.0399. The first-order chi connectivity index (χ1) is 19.4. The Bertz CT molecular complexity index is 2170. The number of fused-ring (bicyclic) bond motifs is 10. The largest absolute Gasteiger partial charge is 0.485 e. The van der Waals surface area contributed by atoms with Crippen molar-refractivity contribution in [2.75, 3.05) is 0 Å². The maximum absolute atomic E-state index is 6.42. The van der Waals surface area contributed by atoms with E-state index in [0.29, 0.717) is 0 Å². The molecule has 0 bridgehead atoms. The zero-order valence-corrected chi connectivity index (χ0v) is 21.2. The molecular weight excluding hydrogens is 476 g/mol. The Balaban J connectivity index is 1.38. The van der Waals surface area contributed by atoms with Gasteiger partial charge < -0.3 is 13.9 Å². The van der Waals surface area contributed by atoms with E-state index in [1.54, 1.807) is 0 Å². The van der Waals surface area contributed by atoms with E-state index in [1.165, 1.54) is 66.1 Å². The maximum Gasteiger partial charge on any atom is 0.130 e. The summed E-state index contributed by atoms with van der Waals surface area (Å²) in [7, 11) is 0. The van der Waals surface area contributed by atoms with Crippen LogP contribution < -0.4 is 4.74 Å². The number of ether oxygens (including phenoxy) is 1. The number of rotatable bonds is 2. The summed E-state index contributed by atoms with van der Waals surface area (Å²) < 4.78 is 11.3. The first-order valence-corrected chi connectivity index (χ1v) is 13.5. The maximum atomic E-state index is 6.42. The van der Waals surface area contributed by atoms with Gasteiger partial charge in [-0.15, -0.1) is 0 Å². The number of hydrogen-bond donors (Lipinski definition) is 0. The van der Waals surface area contributed by atoms with Gasteiger partial charge in [0.05, 0.1) is 22.1 Å². The molecule has 0 N–H and O–H groups in total. The fraction of sp³-hybridized carbons (Fsp3) is 0.0556. The fourth-order valence-electron chi connectivity index (χ4n) is 6.82. The molecule has 1 unspecified atom stereocenters. The average molecular weight is 501 g/mol. The molecule has 184 valence electrons. The van der Waals surface area contributed by atoms with Crippen molar-refractivity contribution in [2.24, 2.45) is 0 Å². The third-order valence-corrected chi connectivity index (χ3v) is 8.44. The van der Waals surface area contributed by atoms with Gasteiger partial charge >= 0.3 is 0 Å². The summed E-state index contributed by atoms with van der Waals surface area (Å²) in [4.78, 5) is 0. The number of aromatic nitrogens is 2. The summed E-state index contributed by atoms with van der Waals surface area (Å²) in [6.45, 7) is 0. The van der Waals surface area contributed by atoms with E-state index in [2.05, 4.69) is 137 Å². The van der Waals surface area contributed by atoms with Gasteiger partial charge in [-0.1, -0.05) is 84.9 Å². The Morgan fingerprint density at radius 2 is 1.28 bits per heavy atom. The van der Waals surface area contributed by atoms with Crippen molar-refractivity contribution in [1.29, 1.82) is 0 Å². The highest BCUT2D eigenvalue weighted by atomic mass is 16.5. The van der Waals surface area contributed by atoms with E-state index in [0.717, 1.165) is 12.2 Å². The molecule has 1 aliphatic heterocycles. The highest BCUT2D eigenvalue weighted by Crippen LogP contribution is 2.46. The molecule has 0 saturated heterocycles. The second-order valence-corrected chi connectivity index (χ2v) is 10.5. The van der Waals surface area contributed by atoms with Crippen LogP contribution in [0.2, 0.25) is 0 Å². The van der Waals surface area contributed by atoms with Crippen molar-refractivity contribution in [1.82, 2.24) is 9.13 Å². The molecule has 3 heteroatoms. The Kier molecular flexibility index (Phi) is 4.17. The van der Waals surface area contributed by atoms with Crippen LogP contribution in [0.5, 0.6) is 5.75 Å². The third kappa shape index (κ3) is 2.82. The monoisotopic (exact) mass is 500 g/mol. The van der Waals surface area contributed by atoms with Crippen LogP contribution >= 0.6 is 0 Å². The van der Waals surface area contributed by atoms with E-state index in [4.69, 9.17) is 4.74 Å². The minimum Gasteiger partial charge on any atom is -0.485 e. The second kappa shape index (κ2) is 7.75. The van der Waals surface area contributed by atoms with Gasteiger partial charge in [-0.3, -0.25) is 0 Å². The molecule has 0 fully saturated rings. The topological polar surface area (TPSA) is 19.1 Å². The van der Waals surface area contributed by atoms with E-state index < -0.39 is 0 Å². The standard InChI is InChI=1S/C36H24N2O/c1-2-10-23(11-3-1)38-30-15-7-4-12-25(30)28-20-21-32-35(36(28)38)29-14-5-8-16-31(29)37(32)24-18-19-27-26-13-6-9-17-33(26)39-34(27)22-24/h1-21,34H,22H2. The van der Waals surface area contributed by atoms with Crippen molar-refractivity contribution in [2.45, 2.75) is 12.5 Å². The van der Waals surface area contributed by atoms with Crippen LogP contribution in [0.3, 0.4) is 0 Å². The zero-order chi connectivity index (χ0) is 25.5. The van der Waals surface area contributed by atoms with Gasteiger partial charge in [0.15, 0.2) is 0 Å². The quantitative estimate of drug-likeness (QED) is 0.232.